The van der Waals surface area contributed by atoms with Gasteiger partial charge in [0.2, 0.25) is 11.8 Å². The number of likely N-dealkylation sites (N-methyl/N-ethyl adjacent to an activating group) is 2. The Labute approximate surface area is 343 Å². The summed E-state index contributed by atoms with van der Waals surface area (Å²) in [4.78, 5) is 53.4. The lowest BCUT2D eigenvalue weighted by molar-refractivity contribution is -0.139. The number of hydrogen-bond acceptors (Lipinski definition) is 6. The van der Waals surface area contributed by atoms with Crippen molar-refractivity contribution in [2.75, 3.05) is 39.3 Å². The Morgan fingerprint density at radius 2 is 1.16 bits per heavy atom. The van der Waals surface area contributed by atoms with Crippen molar-refractivity contribution in [3.63, 3.8) is 0 Å². The SMILES string of the molecule is CCN(CC)[C@@H](C(=O)N1CCC[C@H]1c1nc(C=Cc2ccc(/C=C/c3cnc([C@@H]4CCCN4C(=O)[C@@H](c4ccccc4)N(CC)CC)[nH]3)cc2)c[nH]1)c1ccccc1. The summed E-state index contributed by atoms with van der Waals surface area (Å²) in [5.41, 5.74) is 5.95. The summed E-state index contributed by atoms with van der Waals surface area (Å²) in [7, 11) is 0. The van der Waals surface area contributed by atoms with Crippen molar-refractivity contribution in [3.05, 3.63) is 143 Å². The maximum Gasteiger partial charge on any atom is 0.245 e. The number of aromatic nitrogens is 4. The number of aromatic amines is 2. The minimum atomic E-state index is -0.308. The molecule has 302 valence electrons. The van der Waals surface area contributed by atoms with Gasteiger partial charge in [-0.3, -0.25) is 19.4 Å². The van der Waals surface area contributed by atoms with Crippen molar-refractivity contribution in [2.24, 2.45) is 0 Å². The molecule has 10 nitrogen and oxygen atoms in total. The topological polar surface area (TPSA) is 104 Å². The highest BCUT2D eigenvalue weighted by atomic mass is 16.2. The fourth-order valence-electron chi connectivity index (χ4n) is 8.71. The van der Waals surface area contributed by atoms with Gasteiger partial charge in [-0.1, -0.05) is 125 Å². The molecule has 0 aliphatic carbocycles. The number of carbonyl (C=O) groups is 2. The van der Waals surface area contributed by atoms with Gasteiger partial charge in [-0.2, -0.15) is 0 Å². The second-order valence-electron chi connectivity index (χ2n) is 15.2. The molecule has 2 N–H and O–H groups in total. The largest absolute Gasteiger partial charge is 0.346 e. The number of H-pyrrole nitrogens is 2. The highest BCUT2D eigenvalue weighted by molar-refractivity contribution is 5.85. The summed E-state index contributed by atoms with van der Waals surface area (Å²) in [6.45, 7) is 13.1. The lowest BCUT2D eigenvalue weighted by atomic mass is 10.0. The molecule has 7 rings (SSSR count). The van der Waals surface area contributed by atoms with Gasteiger partial charge in [0.15, 0.2) is 0 Å². The molecule has 0 radical (unpaired) electrons. The average molecular weight is 779 g/mol. The van der Waals surface area contributed by atoms with Crippen molar-refractivity contribution in [3.8, 4) is 0 Å². The molecule has 2 saturated heterocycles. The molecule has 2 fully saturated rings. The highest BCUT2D eigenvalue weighted by Crippen LogP contribution is 2.36. The van der Waals surface area contributed by atoms with E-state index in [1.54, 1.807) is 0 Å². The van der Waals surface area contributed by atoms with Crippen LogP contribution in [0.15, 0.2) is 97.3 Å². The van der Waals surface area contributed by atoms with E-state index >= 15 is 0 Å². The van der Waals surface area contributed by atoms with Crippen LogP contribution in [-0.2, 0) is 9.59 Å². The molecule has 2 aromatic heterocycles. The number of likely N-dealkylation sites (tertiary alicyclic amines) is 2. The van der Waals surface area contributed by atoms with E-state index in [0.29, 0.717) is 0 Å². The predicted octanol–water partition coefficient (Wildman–Crippen LogP) is 8.97. The smallest absolute Gasteiger partial charge is 0.245 e. The first-order chi connectivity index (χ1) is 28.4. The monoisotopic (exact) mass is 778 g/mol. The molecule has 0 spiro atoms. The maximum absolute atomic E-state index is 14.2. The average Bonchev–Trinajstić information content (AvgIpc) is 4.11. The molecule has 10 heteroatoms. The Hall–Kier alpha value is -5.58. The highest BCUT2D eigenvalue weighted by Gasteiger charge is 2.39. The van der Waals surface area contributed by atoms with Gasteiger partial charge >= 0.3 is 0 Å². The van der Waals surface area contributed by atoms with Crippen LogP contribution < -0.4 is 0 Å². The fourth-order valence-corrected chi connectivity index (χ4v) is 8.71. The van der Waals surface area contributed by atoms with E-state index in [2.05, 4.69) is 108 Å². The van der Waals surface area contributed by atoms with E-state index in [1.165, 1.54) is 0 Å². The van der Waals surface area contributed by atoms with Gasteiger partial charge in [-0.05, 0) is 86.3 Å². The summed E-state index contributed by atoms with van der Waals surface area (Å²) in [5, 5.41) is 0. The number of benzene rings is 3. The maximum atomic E-state index is 14.2. The van der Waals surface area contributed by atoms with Crippen LogP contribution in [0.3, 0.4) is 0 Å². The van der Waals surface area contributed by atoms with Crippen LogP contribution in [0, 0.1) is 0 Å². The minimum absolute atomic E-state index is 0.0717. The van der Waals surface area contributed by atoms with Crippen molar-refractivity contribution in [1.29, 1.82) is 0 Å². The Morgan fingerprint density at radius 1 is 0.672 bits per heavy atom. The lowest BCUT2D eigenvalue weighted by Crippen LogP contribution is -2.43. The van der Waals surface area contributed by atoms with Crippen LogP contribution in [0.1, 0.15) is 123 Å². The van der Waals surface area contributed by atoms with Crippen LogP contribution in [0.25, 0.3) is 24.3 Å². The third kappa shape index (κ3) is 9.09. The van der Waals surface area contributed by atoms with Crippen LogP contribution in [0.2, 0.25) is 0 Å². The molecular formula is C48H58N8O2. The Morgan fingerprint density at radius 3 is 1.66 bits per heavy atom. The molecule has 5 aromatic rings. The Bertz CT molecular complexity index is 1980. The Kier molecular flexibility index (Phi) is 13.5. The zero-order valence-corrected chi connectivity index (χ0v) is 34.4. The van der Waals surface area contributed by atoms with Gasteiger partial charge in [-0.15, -0.1) is 0 Å². The van der Waals surface area contributed by atoms with E-state index in [4.69, 9.17) is 9.97 Å². The number of hydrogen-bond donors (Lipinski definition) is 2. The quantitative estimate of drug-likeness (QED) is 0.104. The molecule has 2 aliphatic heterocycles. The number of imidazole rings is 2. The lowest BCUT2D eigenvalue weighted by Gasteiger charge is -2.34. The van der Waals surface area contributed by atoms with Crippen LogP contribution in [0.5, 0.6) is 0 Å². The van der Waals surface area contributed by atoms with Gasteiger partial charge < -0.3 is 19.8 Å². The van der Waals surface area contributed by atoms with Gasteiger partial charge in [0.25, 0.3) is 0 Å². The fraction of sp³-hybridized carbons (Fsp3) is 0.375. The van der Waals surface area contributed by atoms with E-state index in [-0.39, 0.29) is 36.0 Å². The van der Waals surface area contributed by atoms with Crippen LogP contribution in [0.4, 0.5) is 0 Å². The molecule has 4 heterocycles. The normalized spacial score (nSPS) is 18.3. The predicted molar refractivity (Wildman–Crippen MR) is 233 cm³/mol. The van der Waals surface area contributed by atoms with Crippen LogP contribution >= 0.6 is 0 Å². The molecule has 2 aliphatic rings. The summed E-state index contributed by atoms with van der Waals surface area (Å²) in [6, 6.07) is 27.9. The first-order valence-corrected chi connectivity index (χ1v) is 21.2. The van der Waals surface area contributed by atoms with E-state index < -0.39 is 0 Å². The second-order valence-corrected chi connectivity index (χ2v) is 15.2. The molecule has 2 amide bonds. The molecule has 0 bridgehead atoms. The van der Waals surface area contributed by atoms with Gasteiger partial charge in [-0.25, -0.2) is 9.97 Å². The number of amides is 2. The van der Waals surface area contributed by atoms with Crippen molar-refractivity contribution in [1.82, 2.24) is 39.5 Å². The summed E-state index contributed by atoms with van der Waals surface area (Å²) in [5.74, 6) is 1.96. The first kappa shape index (κ1) is 40.6. The standard InChI is InChI=1S/C48H58N8O2/c1-5-53(6-2)43(37-17-11-9-12-18-37)47(57)55-31-15-21-41(55)45-49-33-39(51-45)29-27-35-23-25-36(26-24-35)28-30-40-34-50-46(52-40)42-22-16-32-56(42)48(58)44(54(7-3)8-4)38-19-13-10-14-20-38/h9-14,17-20,23-30,33-34,41-44H,5-8,15-16,21-22,31-32H2,1-4H3,(H,49,51)(H,50,52)/b29-27+,30-28?/t41-,42-,43+,44+/m0/s1. The van der Waals surface area contributed by atoms with E-state index in [0.717, 1.165) is 110 Å². The van der Waals surface area contributed by atoms with Gasteiger partial charge in [0, 0.05) is 19.3 Å². The number of nitrogens with zero attached hydrogens (tertiary/aromatic N) is 6. The van der Waals surface area contributed by atoms with Crippen LogP contribution in [-0.4, -0.2) is 90.6 Å². The third-order valence-electron chi connectivity index (χ3n) is 11.8. The van der Waals surface area contributed by atoms with Crippen molar-refractivity contribution in [2.45, 2.75) is 77.5 Å². The zero-order chi connectivity index (χ0) is 40.4. The second kappa shape index (κ2) is 19.2. The van der Waals surface area contributed by atoms with Gasteiger partial charge in [0.1, 0.15) is 23.7 Å². The minimum Gasteiger partial charge on any atom is -0.346 e. The van der Waals surface area contributed by atoms with Crippen molar-refractivity contribution < 1.29 is 9.59 Å². The number of carbonyl (C=O) groups excluding carboxylic acids is 2. The van der Waals surface area contributed by atoms with E-state index in [9.17, 15) is 9.59 Å². The molecule has 3 aromatic carbocycles. The molecule has 4 atom stereocenters. The van der Waals surface area contributed by atoms with Gasteiger partial charge in [0.05, 0.1) is 29.7 Å². The van der Waals surface area contributed by atoms with Crippen molar-refractivity contribution >= 4 is 36.1 Å². The zero-order valence-electron chi connectivity index (χ0n) is 34.4. The molecule has 58 heavy (non-hydrogen) atoms. The molecule has 0 saturated carbocycles. The number of rotatable bonds is 16. The Balaban J connectivity index is 0.972. The van der Waals surface area contributed by atoms with E-state index in [1.807, 2.05) is 70.7 Å². The third-order valence-corrected chi connectivity index (χ3v) is 11.8. The first-order valence-electron chi connectivity index (χ1n) is 21.2. The molecule has 0 unspecified atom stereocenters. The summed E-state index contributed by atoms with van der Waals surface area (Å²) < 4.78 is 0. The summed E-state index contributed by atoms with van der Waals surface area (Å²) >= 11 is 0. The summed E-state index contributed by atoms with van der Waals surface area (Å²) in [6.07, 6.45) is 15.7. The number of nitrogens with one attached hydrogen (secondary N) is 2. The molecular weight excluding hydrogens is 721 g/mol.